The van der Waals surface area contributed by atoms with Gasteiger partial charge in [-0.1, -0.05) is 0 Å². The number of amides is 1. The van der Waals surface area contributed by atoms with Crippen LogP contribution in [0.4, 0.5) is 26.3 Å². The van der Waals surface area contributed by atoms with Gasteiger partial charge in [0, 0.05) is 30.9 Å². The molecule has 0 aliphatic heterocycles. The normalized spacial score (nSPS) is 12.2. The van der Waals surface area contributed by atoms with E-state index in [-0.39, 0.29) is 19.0 Å². The van der Waals surface area contributed by atoms with Crippen molar-refractivity contribution >= 4 is 11.6 Å². The molecule has 0 saturated heterocycles. The number of nitrogens with one attached hydrogen (secondary N) is 1. The molecule has 0 saturated carbocycles. The molecule has 0 aliphatic carbocycles. The SMILES string of the molecule is COc1cccn2cc(CCNC(=O)c3cc(C(F)(F)F)cc(C(F)(F)F)c3)nc12. The van der Waals surface area contributed by atoms with Crippen molar-refractivity contribution in [1.29, 1.82) is 0 Å². The number of methoxy groups -OCH3 is 1. The highest BCUT2D eigenvalue weighted by Gasteiger charge is 2.37. The first-order valence-corrected chi connectivity index (χ1v) is 8.57. The Morgan fingerprint density at radius 3 is 2.30 bits per heavy atom. The number of ether oxygens (including phenoxy) is 1. The molecule has 11 heteroatoms. The molecule has 1 aromatic carbocycles. The number of rotatable bonds is 5. The topological polar surface area (TPSA) is 55.6 Å². The van der Waals surface area contributed by atoms with Crippen molar-refractivity contribution in [2.75, 3.05) is 13.7 Å². The molecule has 30 heavy (non-hydrogen) atoms. The summed E-state index contributed by atoms with van der Waals surface area (Å²) in [6, 6.07) is 4.20. The average Bonchev–Trinajstić information content (AvgIpc) is 3.09. The highest BCUT2D eigenvalue weighted by atomic mass is 19.4. The van der Waals surface area contributed by atoms with Crippen LogP contribution >= 0.6 is 0 Å². The van der Waals surface area contributed by atoms with Crippen LogP contribution in [0.5, 0.6) is 5.75 Å². The Morgan fingerprint density at radius 1 is 1.10 bits per heavy atom. The Bertz CT molecular complexity index is 1040. The van der Waals surface area contributed by atoms with E-state index in [0.29, 0.717) is 29.2 Å². The number of pyridine rings is 1. The van der Waals surface area contributed by atoms with Crippen molar-refractivity contribution in [2.45, 2.75) is 18.8 Å². The second kappa shape index (κ2) is 7.88. The molecule has 2 aromatic heterocycles. The molecule has 1 amide bonds. The van der Waals surface area contributed by atoms with E-state index in [1.165, 1.54) is 7.11 Å². The van der Waals surface area contributed by atoms with Gasteiger partial charge in [-0.25, -0.2) is 4.98 Å². The summed E-state index contributed by atoms with van der Waals surface area (Å²) in [5.41, 5.74) is -2.73. The summed E-state index contributed by atoms with van der Waals surface area (Å²) in [4.78, 5) is 16.5. The maximum Gasteiger partial charge on any atom is 0.416 e. The highest BCUT2D eigenvalue weighted by molar-refractivity contribution is 5.94. The molecule has 160 valence electrons. The first-order chi connectivity index (χ1) is 14.0. The van der Waals surface area contributed by atoms with Gasteiger partial charge in [-0.3, -0.25) is 4.79 Å². The molecule has 0 fully saturated rings. The lowest BCUT2D eigenvalue weighted by atomic mass is 10.0. The second-order valence-corrected chi connectivity index (χ2v) is 6.34. The lowest BCUT2D eigenvalue weighted by Gasteiger charge is -2.14. The predicted octanol–water partition coefficient (Wildman–Crippen LogP) is 4.35. The number of carbonyl (C=O) groups is 1. The van der Waals surface area contributed by atoms with E-state index < -0.39 is 35.0 Å². The van der Waals surface area contributed by atoms with Crippen molar-refractivity contribution in [3.63, 3.8) is 0 Å². The van der Waals surface area contributed by atoms with Gasteiger partial charge in [0.1, 0.15) is 0 Å². The first-order valence-electron chi connectivity index (χ1n) is 8.57. The first kappa shape index (κ1) is 21.5. The minimum Gasteiger partial charge on any atom is -0.493 e. The average molecular weight is 431 g/mol. The van der Waals surface area contributed by atoms with Crippen LogP contribution in [0.15, 0.2) is 42.7 Å². The number of halogens is 6. The van der Waals surface area contributed by atoms with E-state index in [4.69, 9.17) is 4.74 Å². The van der Waals surface area contributed by atoms with Crippen molar-refractivity contribution < 1.29 is 35.9 Å². The minimum atomic E-state index is -5.02. The predicted molar refractivity (Wildman–Crippen MR) is 94.2 cm³/mol. The maximum atomic E-state index is 12.9. The second-order valence-electron chi connectivity index (χ2n) is 6.34. The van der Waals surface area contributed by atoms with Gasteiger partial charge in [-0.15, -0.1) is 0 Å². The lowest BCUT2D eigenvalue weighted by molar-refractivity contribution is -0.143. The van der Waals surface area contributed by atoms with Crippen molar-refractivity contribution in [1.82, 2.24) is 14.7 Å². The summed E-state index contributed by atoms with van der Waals surface area (Å²) in [7, 11) is 1.48. The van der Waals surface area contributed by atoms with Gasteiger partial charge in [0.05, 0.1) is 23.9 Å². The number of fused-ring (bicyclic) bond motifs is 1. The van der Waals surface area contributed by atoms with E-state index in [2.05, 4.69) is 10.3 Å². The summed E-state index contributed by atoms with van der Waals surface area (Å²) in [6.45, 7) is -0.0391. The zero-order valence-corrected chi connectivity index (χ0v) is 15.4. The number of alkyl halides is 6. The molecule has 0 atom stereocenters. The Labute approximate surface area is 166 Å². The molecule has 1 N–H and O–H groups in total. The van der Waals surface area contributed by atoms with Crippen molar-refractivity contribution in [3.05, 3.63) is 65.1 Å². The third-order valence-electron chi connectivity index (χ3n) is 4.23. The smallest absolute Gasteiger partial charge is 0.416 e. The number of benzene rings is 1. The molecular formula is C19H15F6N3O2. The zero-order valence-electron chi connectivity index (χ0n) is 15.4. The fraction of sp³-hybridized carbons (Fsp3) is 0.263. The minimum absolute atomic E-state index is 0.0270. The fourth-order valence-electron chi connectivity index (χ4n) is 2.81. The molecule has 3 aromatic rings. The standard InChI is InChI=1S/C19H15F6N3O2/c1-30-15-3-2-6-28-10-14(27-16(15)28)4-5-26-17(29)11-7-12(18(20,21)22)9-13(8-11)19(23,24)25/h2-3,6-10H,4-5H2,1H3,(H,26,29). The largest absolute Gasteiger partial charge is 0.493 e. The Hall–Kier alpha value is -3.24. The highest BCUT2D eigenvalue weighted by Crippen LogP contribution is 2.36. The van der Waals surface area contributed by atoms with E-state index >= 15 is 0 Å². The maximum absolute atomic E-state index is 12.9. The number of hydrogen-bond donors (Lipinski definition) is 1. The zero-order chi connectivity index (χ0) is 22.1. The molecule has 2 heterocycles. The molecule has 5 nitrogen and oxygen atoms in total. The van der Waals surface area contributed by atoms with Crippen LogP contribution in [-0.4, -0.2) is 28.9 Å². The number of carbonyl (C=O) groups excluding carboxylic acids is 1. The number of hydrogen-bond acceptors (Lipinski definition) is 3. The van der Waals surface area contributed by atoms with E-state index in [1.54, 1.807) is 28.9 Å². The number of imidazole rings is 1. The quantitative estimate of drug-likeness (QED) is 0.611. The van der Waals surface area contributed by atoms with Crippen LogP contribution in [0.25, 0.3) is 5.65 Å². The lowest BCUT2D eigenvalue weighted by Crippen LogP contribution is -2.26. The molecule has 0 spiro atoms. The Balaban J connectivity index is 1.75. The van der Waals surface area contributed by atoms with Gasteiger partial charge >= 0.3 is 12.4 Å². The van der Waals surface area contributed by atoms with Crippen LogP contribution in [0.1, 0.15) is 27.2 Å². The van der Waals surface area contributed by atoms with Gasteiger partial charge in [0.25, 0.3) is 5.91 Å². The van der Waals surface area contributed by atoms with Crippen molar-refractivity contribution in [3.8, 4) is 5.75 Å². The van der Waals surface area contributed by atoms with Gasteiger partial charge in [0.15, 0.2) is 11.4 Å². The van der Waals surface area contributed by atoms with Gasteiger partial charge < -0.3 is 14.5 Å². The summed E-state index contributed by atoms with van der Waals surface area (Å²) in [5.74, 6) is -0.524. The van der Waals surface area contributed by atoms with Gasteiger partial charge in [-0.05, 0) is 30.3 Å². The fourth-order valence-corrected chi connectivity index (χ4v) is 2.81. The summed E-state index contributed by atoms with van der Waals surface area (Å²) < 4.78 is 84.4. The van der Waals surface area contributed by atoms with E-state index in [9.17, 15) is 31.1 Å². The van der Waals surface area contributed by atoms with Gasteiger partial charge in [-0.2, -0.15) is 26.3 Å². The summed E-state index contributed by atoms with van der Waals surface area (Å²) in [5, 5.41) is 2.32. The Kier molecular flexibility index (Phi) is 5.64. The summed E-state index contributed by atoms with van der Waals surface area (Å²) >= 11 is 0. The monoisotopic (exact) mass is 431 g/mol. The van der Waals surface area contributed by atoms with Crippen LogP contribution in [0, 0.1) is 0 Å². The molecule has 3 rings (SSSR count). The molecule has 0 unspecified atom stereocenters. The molecule has 0 aliphatic rings. The van der Waals surface area contributed by atoms with E-state index in [1.807, 2.05) is 0 Å². The molecule has 0 radical (unpaired) electrons. The third-order valence-corrected chi connectivity index (χ3v) is 4.23. The number of aromatic nitrogens is 2. The van der Waals surface area contributed by atoms with Crippen LogP contribution in [-0.2, 0) is 18.8 Å². The van der Waals surface area contributed by atoms with Gasteiger partial charge in [0.2, 0.25) is 0 Å². The molecule has 0 bridgehead atoms. The molecular weight excluding hydrogens is 416 g/mol. The van der Waals surface area contributed by atoms with Crippen LogP contribution in [0.3, 0.4) is 0 Å². The third kappa shape index (κ3) is 4.66. The summed E-state index contributed by atoms with van der Waals surface area (Å²) in [6.07, 6.45) is -6.43. The van der Waals surface area contributed by atoms with Crippen LogP contribution < -0.4 is 10.1 Å². The van der Waals surface area contributed by atoms with Crippen LogP contribution in [0.2, 0.25) is 0 Å². The van der Waals surface area contributed by atoms with Crippen molar-refractivity contribution in [2.24, 2.45) is 0 Å². The number of nitrogens with zero attached hydrogens (tertiary/aromatic N) is 2. The van der Waals surface area contributed by atoms with E-state index in [0.717, 1.165) is 0 Å². The Morgan fingerprint density at radius 2 is 1.73 bits per heavy atom.